The van der Waals surface area contributed by atoms with Crippen LogP contribution in [0.5, 0.6) is 0 Å². The number of urea groups is 1. The summed E-state index contributed by atoms with van der Waals surface area (Å²) in [5, 5.41) is 8.84. The highest BCUT2D eigenvalue weighted by Crippen LogP contribution is 2.36. The summed E-state index contributed by atoms with van der Waals surface area (Å²) in [5.74, 6) is -1.56. The number of esters is 1. The third-order valence-corrected chi connectivity index (χ3v) is 4.41. The Hall–Kier alpha value is -3.16. The van der Waals surface area contributed by atoms with E-state index in [0.717, 1.165) is 17.5 Å². The summed E-state index contributed by atoms with van der Waals surface area (Å²) >= 11 is 0. The maximum atomic E-state index is 13.2. The molecule has 1 aliphatic heterocycles. The highest BCUT2D eigenvalue weighted by Gasteiger charge is 2.53. The van der Waals surface area contributed by atoms with Crippen LogP contribution in [0, 0.1) is 11.3 Å². The number of unbranched alkanes of at least 4 members (excludes halogenated alkanes) is 1. The number of rotatable bonds is 6. The predicted molar refractivity (Wildman–Crippen MR) is 93.5 cm³/mol. The SMILES string of the molecule is CCCCOC(=O)CN1C(=O)N(c2cnc(C#N)c(C(F)(F)F)c2)C(=O)C1(C)C. The van der Waals surface area contributed by atoms with Crippen LogP contribution >= 0.6 is 0 Å². The van der Waals surface area contributed by atoms with Crippen molar-refractivity contribution in [1.82, 2.24) is 9.88 Å². The van der Waals surface area contributed by atoms with Gasteiger partial charge in [-0.25, -0.2) is 14.7 Å². The molecule has 1 aromatic heterocycles. The van der Waals surface area contributed by atoms with E-state index in [-0.39, 0.29) is 6.61 Å². The van der Waals surface area contributed by atoms with E-state index in [1.54, 1.807) is 0 Å². The Morgan fingerprint density at radius 3 is 2.55 bits per heavy atom. The Labute approximate surface area is 164 Å². The van der Waals surface area contributed by atoms with E-state index in [1.165, 1.54) is 19.9 Å². The minimum absolute atomic E-state index is 0.157. The standard InChI is InChI=1S/C18H19F3N4O4/c1-4-5-6-29-14(26)10-24-16(28)25(15(27)17(24,2)3)11-7-12(18(19,20)21)13(8-22)23-9-11/h7,9H,4-6,10H2,1-3H3. The largest absolute Gasteiger partial charge is 0.464 e. The molecule has 156 valence electrons. The second-order valence-electron chi connectivity index (χ2n) is 6.84. The average Bonchev–Trinajstić information content (AvgIpc) is 2.80. The van der Waals surface area contributed by atoms with Crippen molar-refractivity contribution in [2.24, 2.45) is 0 Å². The Balaban J connectivity index is 2.36. The Bertz CT molecular complexity index is 877. The fourth-order valence-electron chi connectivity index (χ4n) is 2.72. The highest BCUT2D eigenvalue weighted by atomic mass is 19.4. The third-order valence-electron chi connectivity index (χ3n) is 4.41. The van der Waals surface area contributed by atoms with Gasteiger partial charge >= 0.3 is 18.2 Å². The Morgan fingerprint density at radius 1 is 1.34 bits per heavy atom. The van der Waals surface area contributed by atoms with Gasteiger partial charge in [-0.15, -0.1) is 0 Å². The highest BCUT2D eigenvalue weighted by molar-refractivity contribution is 6.23. The second kappa shape index (κ2) is 8.06. The van der Waals surface area contributed by atoms with Crippen molar-refractivity contribution in [3.05, 3.63) is 23.5 Å². The van der Waals surface area contributed by atoms with Crippen LogP contribution in [0.1, 0.15) is 44.9 Å². The van der Waals surface area contributed by atoms with Gasteiger partial charge < -0.3 is 4.74 Å². The Morgan fingerprint density at radius 2 is 2.00 bits per heavy atom. The number of carbonyl (C=O) groups excluding carboxylic acids is 3. The van der Waals surface area contributed by atoms with Gasteiger partial charge in [0.25, 0.3) is 5.91 Å². The lowest BCUT2D eigenvalue weighted by Crippen LogP contribution is -2.47. The summed E-state index contributed by atoms with van der Waals surface area (Å²) in [4.78, 5) is 42.4. The average molecular weight is 412 g/mol. The normalized spacial score (nSPS) is 16.2. The lowest BCUT2D eigenvalue weighted by Gasteiger charge is -2.26. The number of aromatic nitrogens is 1. The summed E-state index contributed by atoms with van der Waals surface area (Å²) in [6.45, 7) is 4.26. The van der Waals surface area contributed by atoms with Gasteiger partial charge in [-0.05, 0) is 26.3 Å². The summed E-state index contributed by atoms with van der Waals surface area (Å²) < 4.78 is 44.6. The molecular weight excluding hydrogens is 393 g/mol. The van der Waals surface area contributed by atoms with E-state index < -0.39 is 53.1 Å². The number of carbonyl (C=O) groups is 3. The molecule has 1 aliphatic rings. The van der Waals surface area contributed by atoms with Gasteiger partial charge in [-0.2, -0.15) is 18.4 Å². The van der Waals surface area contributed by atoms with Crippen LogP contribution in [0.2, 0.25) is 0 Å². The minimum Gasteiger partial charge on any atom is -0.464 e. The molecule has 8 nitrogen and oxygen atoms in total. The summed E-state index contributed by atoms with van der Waals surface area (Å²) in [7, 11) is 0. The Kier molecular flexibility index (Phi) is 6.15. The lowest BCUT2D eigenvalue weighted by molar-refractivity contribution is -0.145. The summed E-state index contributed by atoms with van der Waals surface area (Å²) in [6.07, 6.45) is -2.65. The quantitative estimate of drug-likeness (QED) is 0.404. The number of alkyl halides is 3. The van der Waals surface area contributed by atoms with Crippen LogP contribution in [-0.2, 0) is 20.5 Å². The number of amides is 3. The monoisotopic (exact) mass is 412 g/mol. The fourth-order valence-corrected chi connectivity index (χ4v) is 2.72. The van der Waals surface area contributed by atoms with Crippen molar-refractivity contribution in [1.29, 1.82) is 5.26 Å². The van der Waals surface area contributed by atoms with Crippen molar-refractivity contribution < 1.29 is 32.3 Å². The number of nitrogens with zero attached hydrogens (tertiary/aromatic N) is 4. The zero-order valence-electron chi connectivity index (χ0n) is 16.0. The maximum absolute atomic E-state index is 13.2. The summed E-state index contributed by atoms with van der Waals surface area (Å²) in [5.41, 5.74) is -4.18. The van der Waals surface area contributed by atoms with E-state index in [9.17, 15) is 27.6 Å². The van der Waals surface area contributed by atoms with Gasteiger partial charge in [-0.1, -0.05) is 13.3 Å². The number of pyridine rings is 1. The molecule has 0 saturated carbocycles. The number of hydrogen-bond acceptors (Lipinski definition) is 6. The number of ether oxygens (including phenoxy) is 1. The molecular formula is C18H19F3N4O4. The van der Waals surface area contributed by atoms with Gasteiger partial charge in [0, 0.05) is 0 Å². The van der Waals surface area contributed by atoms with E-state index in [2.05, 4.69) is 4.98 Å². The van der Waals surface area contributed by atoms with Crippen LogP contribution in [0.4, 0.5) is 23.7 Å². The first-order valence-electron chi connectivity index (χ1n) is 8.74. The lowest BCUT2D eigenvalue weighted by atomic mass is 10.0. The first kappa shape index (κ1) is 22.1. The number of hydrogen-bond donors (Lipinski definition) is 0. The van der Waals surface area contributed by atoms with Crippen LogP contribution in [0.25, 0.3) is 0 Å². The van der Waals surface area contributed by atoms with Crippen molar-refractivity contribution >= 4 is 23.6 Å². The van der Waals surface area contributed by atoms with E-state index >= 15 is 0 Å². The molecule has 2 heterocycles. The molecule has 0 N–H and O–H groups in total. The minimum atomic E-state index is -4.90. The molecule has 2 rings (SSSR count). The van der Waals surface area contributed by atoms with Gasteiger partial charge in [0.15, 0.2) is 5.69 Å². The van der Waals surface area contributed by atoms with E-state index in [0.29, 0.717) is 17.4 Å². The van der Waals surface area contributed by atoms with E-state index in [1.807, 2.05) is 6.92 Å². The zero-order chi connectivity index (χ0) is 22.0. The van der Waals surface area contributed by atoms with Crippen LogP contribution in [0.3, 0.4) is 0 Å². The van der Waals surface area contributed by atoms with Gasteiger partial charge in [-0.3, -0.25) is 14.5 Å². The summed E-state index contributed by atoms with van der Waals surface area (Å²) in [6, 6.07) is 0.862. The molecule has 1 saturated heterocycles. The van der Waals surface area contributed by atoms with Crippen LogP contribution in [0.15, 0.2) is 12.3 Å². The second-order valence-corrected chi connectivity index (χ2v) is 6.84. The topological polar surface area (TPSA) is 104 Å². The fraction of sp³-hybridized carbons (Fsp3) is 0.500. The molecule has 0 atom stereocenters. The van der Waals surface area contributed by atoms with Crippen molar-refractivity contribution in [3.8, 4) is 6.07 Å². The first-order chi connectivity index (χ1) is 13.4. The molecule has 0 spiro atoms. The first-order valence-corrected chi connectivity index (χ1v) is 8.74. The molecule has 1 aromatic rings. The smallest absolute Gasteiger partial charge is 0.419 e. The van der Waals surface area contributed by atoms with Crippen LogP contribution in [-0.4, -0.2) is 46.5 Å². The number of anilines is 1. The molecule has 29 heavy (non-hydrogen) atoms. The zero-order valence-corrected chi connectivity index (χ0v) is 16.0. The molecule has 1 fully saturated rings. The predicted octanol–water partition coefficient (Wildman–Crippen LogP) is 2.86. The van der Waals surface area contributed by atoms with Gasteiger partial charge in [0.05, 0.1) is 24.1 Å². The molecule has 0 aromatic carbocycles. The molecule has 0 unspecified atom stereocenters. The molecule has 0 radical (unpaired) electrons. The third kappa shape index (κ3) is 4.31. The molecule has 0 bridgehead atoms. The van der Waals surface area contributed by atoms with Crippen molar-refractivity contribution in [2.45, 2.75) is 45.3 Å². The van der Waals surface area contributed by atoms with Gasteiger partial charge in [0.1, 0.15) is 18.2 Å². The number of halogens is 3. The molecule has 11 heteroatoms. The van der Waals surface area contributed by atoms with E-state index in [4.69, 9.17) is 10.00 Å². The number of nitriles is 1. The maximum Gasteiger partial charge on any atom is 0.419 e. The molecule has 0 aliphatic carbocycles. The number of imide groups is 1. The van der Waals surface area contributed by atoms with Crippen molar-refractivity contribution in [2.75, 3.05) is 18.1 Å². The van der Waals surface area contributed by atoms with Crippen LogP contribution < -0.4 is 4.90 Å². The molecule has 3 amide bonds. The van der Waals surface area contributed by atoms with Gasteiger partial charge in [0.2, 0.25) is 0 Å². The van der Waals surface area contributed by atoms with Crippen molar-refractivity contribution in [3.63, 3.8) is 0 Å².